The Balaban J connectivity index is 1.37. The summed E-state index contributed by atoms with van der Waals surface area (Å²) in [6.45, 7) is 8.19. The van der Waals surface area contributed by atoms with Gasteiger partial charge in [-0.15, -0.1) is 0 Å². The molecule has 0 saturated carbocycles. The van der Waals surface area contributed by atoms with E-state index in [1.54, 1.807) is 0 Å². The first-order chi connectivity index (χ1) is 10.7. The Morgan fingerprint density at radius 2 is 2.14 bits per heavy atom. The largest absolute Gasteiger partial charge is 0.379 e. The number of nitrogens with zero attached hydrogens (tertiary/aromatic N) is 2. The number of aliphatic imine (C=N–C) groups is 1. The van der Waals surface area contributed by atoms with Crippen LogP contribution in [0.25, 0.3) is 0 Å². The van der Waals surface area contributed by atoms with Crippen molar-refractivity contribution in [3.63, 3.8) is 0 Å². The lowest BCUT2D eigenvalue weighted by Gasteiger charge is -2.29. The summed E-state index contributed by atoms with van der Waals surface area (Å²) >= 11 is 0. The highest BCUT2D eigenvalue weighted by atomic mass is 16.5. The smallest absolute Gasteiger partial charge is 0.191 e. The van der Waals surface area contributed by atoms with Crippen LogP contribution in [0.4, 0.5) is 0 Å². The second kappa shape index (κ2) is 7.62. The zero-order valence-corrected chi connectivity index (χ0v) is 13.9. The van der Waals surface area contributed by atoms with Crippen LogP contribution in [0.5, 0.6) is 0 Å². The van der Waals surface area contributed by atoms with Gasteiger partial charge >= 0.3 is 0 Å². The quantitative estimate of drug-likeness (QED) is 0.570. The normalized spacial score (nSPS) is 33.9. The minimum atomic E-state index is 0.384. The molecule has 2 bridgehead atoms. The van der Waals surface area contributed by atoms with Crippen LogP contribution in [0, 0.1) is 5.92 Å². The number of nitrogens with one attached hydrogen (secondary N) is 2. The molecule has 3 aliphatic rings. The van der Waals surface area contributed by atoms with Crippen molar-refractivity contribution in [2.24, 2.45) is 10.9 Å². The lowest BCUT2D eigenvalue weighted by Crippen LogP contribution is -2.49. The molecule has 6 heteroatoms. The topological polar surface area (TPSA) is 58.1 Å². The molecule has 2 N–H and O–H groups in total. The highest BCUT2D eigenvalue weighted by Gasteiger charge is 2.41. The van der Waals surface area contributed by atoms with E-state index >= 15 is 0 Å². The first-order valence-electron chi connectivity index (χ1n) is 8.67. The second-order valence-electron chi connectivity index (χ2n) is 6.83. The standard InChI is InChI=1S/C16H30N4O2/c1-12(11-20-5-7-21-8-6-20)10-18-16(17-2)19-14-9-13-3-4-15(14)22-13/h12-15H,3-11H2,1-2H3,(H2,17,18,19). The van der Waals surface area contributed by atoms with Crippen LogP contribution in [0.3, 0.4) is 0 Å². The second-order valence-corrected chi connectivity index (χ2v) is 6.83. The Kier molecular flexibility index (Phi) is 5.55. The fourth-order valence-electron chi connectivity index (χ4n) is 3.72. The highest BCUT2D eigenvalue weighted by molar-refractivity contribution is 5.80. The molecule has 6 nitrogen and oxygen atoms in total. The number of fused-ring (bicyclic) bond motifs is 2. The molecule has 0 spiro atoms. The van der Waals surface area contributed by atoms with Gasteiger partial charge in [-0.05, 0) is 25.2 Å². The maximum Gasteiger partial charge on any atom is 0.191 e. The number of guanidine groups is 1. The maximum atomic E-state index is 5.89. The van der Waals surface area contributed by atoms with E-state index < -0.39 is 0 Å². The van der Waals surface area contributed by atoms with Gasteiger partial charge in [0.15, 0.2) is 5.96 Å². The Morgan fingerprint density at radius 1 is 1.32 bits per heavy atom. The molecule has 3 fully saturated rings. The maximum absolute atomic E-state index is 5.89. The van der Waals surface area contributed by atoms with Crippen molar-refractivity contribution in [3.05, 3.63) is 0 Å². The van der Waals surface area contributed by atoms with Gasteiger partial charge in [0.2, 0.25) is 0 Å². The summed E-state index contributed by atoms with van der Waals surface area (Å²) in [5, 5.41) is 7.01. The van der Waals surface area contributed by atoms with E-state index in [1.807, 2.05) is 7.05 Å². The SMILES string of the molecule is CN=C(NCC(C)CN1CCOCC1)NC1CC2CCC1O2. The van der Waals surface area contributed by atoms with Crippen molar-refractivity contribution >= 4 is 5.96 Å². The predicted octanol–water partition coefficient (Wildman–Crippen LogP) is 0.440. The van der Waals surface area contributed by atoms with E-state index in [0.717, 1.165) is 51.8 Å². The summed E-state index contributed by atoms with van der Waals surface area (Å²) in [5.41, 5.74) is 0. The number of rotatable bonds is 5. The van der Waals surface area contributed by atoms with E-state index in [2.05, 4.69) is 27.4 Å². The van der Waals surface area contributed by atoms with Gasteiger partial charge in [0, 0.05) is 33.2 Å². The zero-order valence-electron chi connectivity index (χ0n) is 13.9. The Bertz CT molecular complexity index is 384. The number of hydrogen-bond donors (Lipinski definition) is 2. The molecular weight excluding hydrogens is 280 g/mol. The van der Waals surface area contributed by atoms with Crippen molar-refractivity contribution in [2.45, 2.75) is 44.4 Å². The van der Waals surface area contributed by atoms with Crippen LogP contribution < -0.4 is 10.6 Å². The summed E-state index contributed by atoms with van der Waals surface area (Å²) in [5.74, 6) is 1.50. The van der Waals surface area contributed by atoms with Crippen LogP contribution in [0.2, 0.25) is 0 Å². The molecule has 4 unspecified atom stereocenters. The van der Waals surface area contributed by atoms with Gasteiger partial charge in [-0.1, -0.05) is 6.92 Å². The first kappa shape index (κ1) is 16.0. The summed E-state index contributed by atoms with van der Waals surface area (Å²) in [6, 6.07) is 0.430. The highest BCUT2D eigenvalue weighted by Crippen LogP contribution is 2.34. The molecule has 0 aromatic carbocycles. The van der Waals surface area contributed by atoms with E-state index in [9.17, 15) is 0 Å². The lowest BCUT2D eigenvalue weighted by molar-refractivity contribution is 0.0320. The third-order valence-corrected chi connectivity index (χ3v) is 4.94. The fraction of sp³-hybridized carbons (Fsp3) is 0.938. The van der Waals surface area contributed by atoms with Crippen LogP contribution in [-0.2, 0) is 9.47 Å². The Hall–Kier alpha value is -0.850. The monoisotopic (exact) mass is 310 g/mol. The lowest BCUT2D eigenvalue weighted by atomic mass is 9.96. The van der Waals surface area contributed by atoms with Gasteiger partial charge in [-0.2, -0.15) is 0 Å². The minimum absolute atomic E-state index is 0.384. The number of hydrogen-bond acceptors (Lipinski definition) is 4. The first-order valence-corrected chi connectivity index (χ1v) is 8.67. The molecule has 3 rings (SSSR count). The van der Waals surface area contributed by atoms with Crippen molar-refractivity contribution in [1.82, 2.24) is 15.5 Å². The van der Waals surface area contributed by atoms with Crippen molar-refractivity contribution in [2.75, 3.05) is 46.4 Å². The third kappa shape index (κ3) is 4.12. The van der Waals surface area contributed by atoms with Crippen molar-refractivity contribution < 1.29 is 9.47 Å². The van der Waals surface area contributed by atoms with E-state index in [1.165, 1.54) is 12.8 Å². The van der Waals surface area contributed by atoms with Gasteiger partial charge in [0.25, 0.3) is 0 Å². The van der Waals surface area contributed by atoms with Crippen LogP contribution >= 0.6 is 0 Å². The fourth-order valence-corrected chi connectivity index (χ4v) is 3.72. The molecule has 0 aliphatic carbocycles. The van der Waals surface area contributed by atoms with Gasteiger partial charge in [0.1, 0.15) is 0 Å². The number of morpholine rings is 1. The summed E-state index contributed by atoms with van der Waals surface area (Å²) in [7, 11) is 1.84. The zero-order chi connectivity index (χ0) is 15.4. The average Bonchev–Trinajstić information content (AvgIpc) is 3.15. The Morgan fingerprint density at radius 3 is 2.77 bits per heavy atom. The van der Waals surface area contributed by atoms with Crippen LogP contribution in [0.1, 0.15) is 26.2 Å². The summed E-state index contributed by atoms with van der Waals surface area (Å²) < 4.78 is 11.3. The predicted molar refractivity (Wildman–Crippen MR) is 87.2 cm³/mol. The third-order valence-electron chi connectivity index (χ3n) is 4.94. The molecule has 0 amide bonds. The summed E-state index contributed by atoms with van der Waals surface area (Å²) in [6.07, 6.45) is 4.39. The number of ether oxygens (including phenoxy) is 2. The molecular formula is C16H30N4O2. The van der Waals surface area contributed by atoms with E-state index in [0.29, 0.717) is 24.2 Å². The molecule has 0 aromatic heterocycles. The van der Waals surface area contributed by atoms with Crippen LogP contribution in [-0.4, -0.2) is 75.5 Å². The van der Waals surface area contributed by atoms with Gasteiger partial charge in [-0.25, -0.2) is 0 Å². The summed E-state index contributed by atoms with van der Waals surface area (Å²) in [4.78, 5) is 6.84. The average molecular weight is 310 g/mol. The molecule has 3 heterocycles. The van der Waals surface area contributed by atoms with E-state index in [-0.39, 0.29) is 0 Å². The minimum Gasteiger partial charge on any atom is -0.379 e. The molecule has 0 radical (unpaired) electrons. The van der Waals surface area contributed by atoms with Crippen LogP contribution in [0.15, 0.2) is 4.99 Å². The van der Waals surface area contributed by atoms with Gasteiger partial charge in [-0.3, -0.25) is 9.89 Å². The molecule has 4 atom stereocenters. The molecule has 3 aliphatic heterocycles. The molecule has 0 aromatic rings. The Labute approximate surface area is 133 Å². The molecule has 3 saturated heterocycles. The van der Waals surface area contributed by atoms with Crippen molar-refractivity contribution in [1.29, 1.82) is 0 Å². The molecule has 126 valence electrons. The van der Waals surface area contributed by atoms with Crippen molar-refractivity contribution in [3.8, 4) is 0 Å². The molecule has 22 heavy (non-hydrogen) atoms. The van der Waals surface area contributed by atoms with Gasteiger partial charge < -0.3 is 20.1 Å². The van der Waals surface area contributed by atoms with E-state index in [4.69, 9.17) is 9.47 Å². The van der Waals surface area contributed by atoms with Gasteiger partial charge in [0.05, 0.1) is 31.5 Å².